The van der Waals surface area contributed by atoms with Gasteiger partial charge in [-0.2, -0.15) is 9.78 Å². The third kappa shape index (κ3) is 4.47. The van der Waals surface area contributed by atoms with Crippen molar-refractivity contribution in [2.24, 2.45) is 5.10 Å². The Morgan fingerprint density at radius 1 is 0.973 bits per heavy atom. The Morgan fingerprint density at radius 2 is 1.81 bits per heavy atom. The van der Waals surface area contributed by atoms with Gasteiger partial charge in [0.15, 0.2) is 5.76 Å². The zero-order valence-electron chi connectivity index (χ0n) is 19.7. The highest BCUT2D eigenvalue weighted by Crippen LogP contribution is 2.29. The molecule has 0 aliphatic heterocycles. The van der Waals surface area contributed by atoms with Crippen molar-refractivity contribution in [3.63, 3.8) is 0 Å². The van der Waals surface area contributed by atoms with Crippen molar-refractivity contribution >= 4 is 44.0 Å². The maximum atomic E-state index is 13.4. The molecule has 182 valence electrons. The molecule has 3 heterocycles. The minimum Gasteiger partial charge on any atom is -0.494 e. The lowest BCUT2D eigenvalue weighted by Gasteiger charge is -2.06. The molecule has 0 fully saturated rings. The average Bonchev–Trinajstić information content (AvgIpc) is 3.56. The minimum atomic E-state index is -0.309. The van der Waals surface area contributed by atoms with E-state index in [0.29, 0.717) is 46.2 Å². The highest BCUT2D eigenvalue weighted by Gasteiger charge is 2.17. The lowest BCUT2D eigenvalue weighted by molar-refractivity contribution is 0.340. The summed E-state index contributed by atoms with van der Waals surface area (Å²) in [7, 11) is 0. The monoisotopic (exact) mass is 553 g/mol. The van der Waals surface area contributed by atoms with Crippen molar-refractivity contribution in [1.82, 2.24) is 9.66 Å². The second kappa shape index (κ2) is 9.55. The number of benzene rings is 3. The Hall–Kier alpha value is -4.43. The molecule has 6 rings (SSSR count). The fraction of sp³-hybridized carbons (Fsp3) is 0.0690. The van der Waals surface area contributed by atoms with Gasteiger partial charge in [0.1, 0.15) is 22.9 Å². The van der Waals surface area contributed by atoms with Crippen molar-refractivity contribution < 1.29 is 13.6 Å². The first-order valence-electron chi connectivity index (χ1n) is 11.7. The zero-order chi connectivity index (χ0) is 25.4. The molecule has 7 nitrogen and oxygen atoms in total. The maximum Gasteiger partial charge on any atom is 0.282 e. The van der Waals surface area contributed by atoms with Gasteiger partial charge in [0.05, 0.1) is 23.7 Å². The highest BCUT2D eigenvalue weighted by molar-refractivity contribution is 9.10. The van der Waals surface area contributed by atoms with Gasteiger partial charge in [-0.3, -0.25) is 4.79 Å². The van der Waals surface area contributed by atoms with E-state index in [9.17, 15) is 4.79 Å². The quantitative estimate of drug-likeness (QED) is 0.205. The van der Waals surface area contributed by atoms with Crippen molar-refractivity contribution in [1.29, 1.82) is 0 Å². The summed E-state index contributed by atoms with van der Waals surface area (Å²) in [5.74, 6) is 2.70. The maximum absolute atomic E-state index is 13.4. The zero-order valence-corrected chi connectivity index (χ0v) is 21.3. The summed E-state index contributed by atoms with van der Waals surface area (Å²) in [5.41, 5.74) is 1.84. The Bertz CT molecular complexity index is 1830. The topological polar surface area (TPSA) is 82.8 Å². The van der Waals surface area contributed by atoms with E-state index in [1.807, 2.05) is 67.6 Å². The van der Waals surface area contributed by atoms with Gasteiger partial charge in [-0.1, -0.05) is 28.1 Å². The molecule has 3 aromatic heterocycles. The highest BCUT2D eigenvalue weighted by atomic mass is 79.9. The summed E-state index contributed by atoms with van der Waals surface area (Å²) >= 11 is 3.48. The van der Waals surface area contributed by atoms with Crippen LogP contribution in [0.4, 0.5) is 0 Å². The summed E-state index contributed by atoms with van der Waals surface area (Å²) in [6.45, 7) is 2.55. The molecule has 0 aliphatic rings. The molecule has 0 N–H and O–H groups in total. The number of halogens is 1. The first-order valence-corrected chi connectivity index (χ1v) is 12.5. The summed E-state index contributed by atoms with van der Waals surface area (Å²) in [5, 5.41) is 5.81. The lowest BCUT2D eigenvalue weighted by atomic mass is 10.2. The van der Waals surface area contributed by atoms with Crippen LogP contribution in [0.1, 0.15) is 12.7 Å². The Balaban J connectivity index is 1.41. The number of para-hydroxylation sites is 1. The van der Waals surface area contributed by atoms with Crippen LogP contribution in [0.5, 0.6) is 5.75 Å². The van der Waals surface area contributed by atoms with E-state index in [0.717, 1.165) is 21.2 Å². The number of ether oxygens (including phenoxy) is 1. The van der Waals surface area contributed by atoms with E-state index in [2.05, 4.69) is 21.0 Å². The number of furan rings is 2. The van der Waals surface area contributed by atoms with Gasteiger partial charge < -0.3 is 13.6 Å². The molecule has 0 saturated heterocycles. The largest absolute Gasteiger partial charge is 0.494 e. The first kappa shape index (κ1) is 23.0. The predicted octanol–water partition coefficient (Wildman–Crippen LogP) is 7.11. The molecular formula is C29H20BrN3O4. The van der Waals surface area contributed by atoms with Crippen molar-refractivity contribution in [3.8, 4) is 28.7 Å². The van der Waals surface area contributed by atoms with Gasteiger partial charge >= 0.3 is 0 Å². The molecule has 0 aliphatic carbocycles. The number of rotatable bonds is 6. The third-order valence-electron chi connectivity index (χ3n) is 5.83. The van der Waals surface area contributed by atoms with Crippen molar-refractivity contribution in [3.05, 3.63) is 106 Å². The Morgan fingerprint density at radius 3 is 2.65 bits per heavy atom. The van der Waals surface area contributed by atoms with Gasteiger partial charge in [-0.05, 0) is 79.7 Å². The van der Waals surface area contributed by atoms with Crippen LogP contribution in [-0.4, -0.2) is 22.5 Å². The predicted molar refractivity (Wildman–Crippen MR) is 147 cm³/mol. The summed E-state index contributed by atoms with van der Waals surface area (Å²) < 4.78 is 19.7. The lowest BCUT2D eigenvalue weighted by Crippen LogP contribution is -2.20. The van der Waals surface area contributed by atoms with Gasteiger partial charge in [-0.25, -0.2) is 4.98 Å². The molecule has 0 spiro atoms. The van der Waals surface area contributed by atoms with Gasteiger partial charge in [0.2, 0.25) is 5.82 Å². The van der Waals surface area contributed by atoms with Crippen LogP contribution in [-0.2, 0) is 0 Å². The molecule has 0 bridgehead atoms. The second-order valence-electron chi connectivity index (χ2n) is 8.27. The summed E-state index contributed by atoms with van der Waals surface area (Å²) in [4.78, 5) is 18.2. The van der Waals surface area contributed by atoms with Crippen LogP contribution in [0.2, 0.25) is 0 Å². The molecular weight excluding hydrogens is 534 g/mol. The average molecular weight is 554 g/mol. The number of aromatic nitrogens is 2. The molecule has 37 heavy (non-hydrogen) atoms. The number of fused-ring (bicyclic) bond motifs is 2. The SMILES string of the molecule is CCOc1ccc(-c2ccc(C=Nn3c(-c4cc5cc(Br)ccc5o4)nc4ccccc4c3=O)o2)cc1. The van der Waals surface area contributed by atoms with Crippen LogP contribution in [0.3, 0.4) is 0 Å². The molecule has 0 amide bonds. The molecule has 0 unspecified atom stereocenters. The van der Waals surface area contributed by atoms with E-state index in [1.54, 1.807) is 24.3 Å². The van der Waals surface area contributed by atoms with E-state index >= 15 is 0 Å². The summed E-state index contributed by atoms with van der Waals surface area (Å²) in [6.07, 6.45) is 1.50. The fourth-order valence-electron chi connectivity index (χ4n) is 4.09. The van der Waals surface area contributed by atoms with Gasteiger partial charge in [0, 0.05) is 15.4 Å². The second-order valence-corrected chi connectivity index (χ2v) is 9.18. The first-order chi connectivity index (χ1) is 18.1. The third-order valence-corrected chi connectivity index (χ3v) is 6.32. The molecule has 8 heteroatoms. The fourth-order valence-corrected chi connectivity index (χ4v) is 4.47. The molecule has 6 aromatic rings. The number of nitrogens with zero attached hydrogens (tertiary/aromatic N) is 3. The minimum absolute atomic E-state index is 0.297. The van der Waals surface area contributed by atoms with Gasteiger partial charge in [-0.15, -0.1) is 0 Å². The molecule has 0 saturated carbocycles. The number of hydrogen-bond acceptors (Lipinski definition) is 6. The van der Waals surface area contributed by atoms with Crippen LogP contribution in [0.15, 0.2) is 108 Å². The molecule has 0 atom stereocenters. The standard InChI is InChI=1S/C29H20BrN3O4/c1-2-35-21-10-7-18(8-11-21)25-14-12-22(36-25)17-31-33-28(32-24-6-4-3-5-23(24)29(33)34)27-16-19-15-20(30)9-13-26(19)37-27/h3-17H,2H2,1H3. The Kier molecular flexibility index (Phi) is 5.94. The van der Waals surface area contributed by atoms with Crippen molar-refractivity contribution in [2.45, 2.75) is 6.92 Å². The Labute approximate surface area is 219 Å². The van der Waals surface area contributed by atoms with Crippen molar-refractivity contribution in [2.75, 3.05) is 6.61 Å². The normalized spacial score (nSPS) is 11.6. The van der Waals surface area contributed by atoms with Crippen LogP contribution < -0.4 is 10.3 Å². The smallest absolute Gasteiger partial charge is 0.282 e. The van der Waals surface area contributed by atoms with E-state index in [1.165, 1.54) is 10.9 Å². The number of hydrogen-bond donors (Lipinski definition) is 0. The van der Waals surface area contributed by atoms with Crippen LogP contribution >= 0.6 is 15.9 Å². The van der Waals surface area contributed by atoms with E-state index in [4.69, 9.17) is 18.6 Å². The van der Waals surface area contributed by atoms with E-state index < -0.39 is 0 Å². The van der Waals surface area contributed by atoms with Crippen LogP contribution in [0.25, 0.3) is 44.8 Å². The van der Waals surface area contributed by atoms with Crippen LogP contribution in [0, 0.1) is 0 Å². The van der Waals surface area contributed by atoms with E-state index in [-0.39, 0.29) is 5.56 Å². The molecule has 0 radical (unpaired) electrons. The van der Waals surface area contributed by atoms with Gasteiger partial charge in [0.25, 0.3) is 5.56 Å². The molecule has 3 aromatic carbocycles. The summed E-state index contributed by atoms with van der Waals surface area (Å²) in [6, 6.07) is 26.0.